The first-order valence-electron chi connectivity index (χ1n) is 7.13. The quantitative estimate of drug-likeness (QED) is 0.717. The Morgan fingerprint density at radius 1 is 1.14 bits per heavy atom. The smallest absolute Gasteiger partial charge is 0.141 e. The average Bonchev–Trinajstić information content (AvgIpc) is 2.81. The van der Waals surface area contributed by atoms with Gasteiger partial charge in [0.05, 0.1) is 24.9 Å². The van der Waals surface area contributed by atoms with E-state index in [9.17, 15) is 0 Å². The fourth-order valence-electron chi connectivity index (χ4n) is 2.35. The van der Waals surface area contributed by atoms with Crippen molar-refractivity contribution in [1.82, 2.24) is 9.80 Å². The fraction of sp³-hybridized carbons (Fsp3) is 0.600. The average molecular weight is 333 g/mol. The van der Waals surface area contributed by atoms with E-state index >= 15 is 0 Å². The van der Waals surface area contributed by atoms with Crippen LogP contribution in [0.3, 0.4) is 0 Å². The van der Waals surface area contributed by atoms with Crippen molar-refractivity contribution in [3.8, 4) is 5.75 Å². The van der Waals surface area contributed by atoms with Crippen LogP contribution in [-0.2, 0) is 4.74 Å². The first-order valence-corrected chi connectivity index (χ1v) is 7.89. The van der Waals surface area contributed by atoms with Gasteiger partial charge in [-0.25, -0.2) is 0 Å². The SMILES string of the molecule is Cc1cc(Cl)cc(Cl)c1OCCOCCN1CCN(C)C1. The van der Waals surface area contributed by atoms with Gasteiger partial charge in [-0.3, -0.25) is 9.80 Å². The number of aryl methyl sites for hydroxylation is 1. The molecular weight excluding hydrogens is 311 g/mol. The Bertz CT molecular complexity index is 448. The van der Waals surface area contributed by atoms with Gasteiger partial charge < -0.3 is 9.47 Å². The standard InChI is InChI=1S/C15H22Cl2N2O2/c1-12-9-13(16)10-14(17)15(12)21-8-7-20-6-5-19-4-3-18(2)11-19/h9-10H,3-8,11H2,1-2H3. The molecule has 118 valence electrons. The van der Waals surface area contributed by atoms with Gasteiger partial charge in [-0.1, -0.05) is 23.2 Å². The molecule has 4 nitrogen and oxygen atoms in total. The Labute approximate surface area is 136 Å². The van der Waals surface area contributed by atoms with E-state index in [1.165, 1.54) is 0 Å². The van der Waals surface area contributed by atoms with E-state index < -0.39 is 0 Å². The van der Waals surface area contributed by atoms with E-state index in [0.717, 1.165) is 38.5 Å². The van der Waals surface area contributed by atoms with Crippen molar-refractivity contribution < 1.29 is 9.47 Å². The lowest BCUT2D eigenvalue weighted by Gasteiger charge is -2.15. The maximum absolute atomic E-state index is 6.11. The second-order valence-corrected chi connectivity index (χ2v) is 6.18. The summed E-state index contributed by atoms with van der Waals surface area (Å²) < 4.78 is 11.3. The highest BCUT2D eigenvalue weighted by molar-refractivity contribution is 6.35. The maximum Gasteiger partial charge on any atom is 0.141 e. The minimum absolute atomic E-state index is 0.488. The van der Waals surface area contributed by atoms with Crippen molar-refractivity contribution in [1.29, 1.82) is 0 Å². The molecule has 1 heterocycles. The summed E-state index contributed by atoms with van der Waals surface area (Å²) in [7, 11) is 2.13. The highest BCUT2D eigenvalue weighted by Crippen LogP contribution is 2.31. The van der Waals surface area contributed by atoms with Gasteiger partial charge in [0.1, 0.15) is 12.4 Å². The molecule has 1 aromatic rings. The van der Waals surface area contributed by atoms with Crippen molar-refractivity contribution in [3.63, 3.8) is 0 Å². The van der Waals surface area contributed by atoms with Gasteiger partial charge in [0.25, 0.3) is 0 Å². The molecule has 0 aliphatic carbocycles. The Balaban J connectivity index is 1.62. The first-order chi connectivity index (χ1) is 10.1. The molecule has 0 atom stereocenters. The highest BCUT2D eigenvalue weighted by Gasteiger charge is 2.15. The summed E-state index contributed by atoms with van der Waals surface area (Å²) in [6.45, 7) is 7.95. The molecule has 0 N–H and O–H groups in total. The van der Waals surface area contributed by atoms with Crippen molar-refractivity contribution in [3.05, 3.63) is 27.7 Å². The summed E-state index contributed by atoms with van der Waals surface area (Å²) in [6, 6.07) is 3.53. The van der Waals surface area contributed by atoms with Crippen molar-refractivity contribution >= 4 is 23.2 Å². The number of hydrogen-bond donors (Lipinski definition) is 0. The molecule has 0 radical (unpaired) electrons. The van der Waals surface area contributed by atoms with Crippen molar-refractivity contribution in [2.75, 3.05) is 53.2 Å². The third kappa shape index (κ3) is 5.31. The predicted molar refractivity (Wildman–Crippen MR) is 86.6 cm³/mol. The monoisotopic (exact) mass is 332 g/mol. The third-order valence-corrected chi connectivity index (χ3v) is 3.96. The lowest BCUT2D eigenvalue weighted by atomic mass is 10.2. The largest absolute Gasteiger partial charge is 0.489 e. The number of ether oxygens (including phenoxy) is 2. The minimum atomic E-state index is 0.488. The zero-order chi connectivity index (χ0) is 15.2. The van der Waals surface area contributed by atoms with Crippen LogP contribution in [-0.4, -0.2) is 63.0 Å². The molecule has 0 spiro atoms. The molecule has 0 amide bonds. The molecule has 6 heteroatoms. The number of hydrogen-bond acceptors (Lipinski definition) is 4. The van der Waals surface area contributed by atoms with Gasteiger partial charge in [0.2, 0.25) is 0 Å². The molecule has 0 aromatic heterocycles. The summed E-state index contributed by atoms with van der Waals surface area (Å²) in [6.07, 6.45) is 0. The topological polar surface area (TPSA) is 24.9 Å². The van der Waals surface area contributed by atoms with E-state index in [2.05, 4.69) is 16.8 Å². The van der Waals surface area contributed by atoms with E-state index in [1.807, 2.05) is 13.0 Å². The Morgan fingerprint density at radius 2 is 1.95 bits per heavy atom. The van der Waals surface area contributed by atoms with Crippen LogP contribution in [0.2, 0.25) is 10.0 Å². The van der Waals surface area contributed by atoms with Crippen LogP contribution in [0.1, 0.15) is 5.56 Å². The minimum Gasteiger partial charge on any atom is -0.489 e. The normalized spacial score (nSPS) is 16.6. The highest BCUT2D eigenvalue weighted by atomic mass is 35.5. The van der Waals surface area contributed by atoms with E-state index in [4.69, 9.17) is 32.7 Å². The summed E-state index contributed by atoms with van der Waals surface area (Å²) >= 11 is 12.0. The molecular formula is C15H22Cl2N2O2. The van der Waals surface area contributed by atoms with Gasteiger partial charge in [0, 0.05) is 24.7 Å². The van der Waals surface area contributed by atoms with E-state index in [0.29, 0.717) is 29.0 Å². The maximum atomic E-state index is 6.11. The molecule has 0 bridgehead atoms. The van der Waals surface area contributed by atoms with Gasteiger partial charge in [0.15, 0.2) is 0 Å². The number of likely N-dealkylation sites (N-methyl/N-ethyl adjacent to an activating group) is 1. The summed E-state index contributed by atoms with van der Waals surface area (Å²) in [5.41, 5.74) is 0.938. The third-order valence-electron chi connectivity index (χ3n) is 3.46. The van der Waals surface area contributed by atoms with Crippen LogP contribution < -0.4 is 4.74 Å². The lowest BCUT2D eigenvalue weighted by molar-refractivity contribution is 0.0816. The molecule has 0 saturated carbocycles. The van der Waals surface area contributed by atoms with Crippen LogP contribution in [0.5, 0.6) is 5.75 Å². The Hall–Kier alpha value is -0.520. The zero-order valence-electron chi connectivity index (χ0n) is 12.6. The van der Waals surface area contributed by atoms with Crippen LogP contribution >= 0.6 is 23.2 Å². The summed E-state index contributed by atoms with van der Waals surface area (Å²) in [5, 5.41) is 1.16. The van der Waals surface area contributed by atoms with Gasteiger partial charge >= 0.3 is 0 Å². The first kappa shape index (κ1) is 16.8. The molecule has 1 saturated heterocycles. The Kier molecular flexibility index (Phi) is 6.58. The second-order valence-electron chi connectivity index (χ2n) is 5.33. The van der Waals surface area contributed by atoms with E-state index in [-0.39, 0.29) is 0 Å². The number of rotatable bonds is 7. The van der Waals surface area contributed by atoms with E-state index in [1.54, 1.807) is 6.07 Å². The zero-order valence-corrected chi connectivity index (χ0v) is 14.1. The molecule has 1 aromatic carbocycles. The number of nitrogens with zero attached hydrogens (tertiary/aromatic N) is 2. The fourth-order valence-corrected chi connectivity index (χ4v) is 3.00. The number of benzene rings is 1. The molecule has 1 fully saturated rings. The summed E-state index contributed by atoms with van der Waals surface area (Å²) in [5.74, 6) is 0.686. The molecule has 1 aliphatic heterocycles. The van der Waals surface area contributed by atoms with Crippen LogP contribution in [0.4, 0.5) is 0 Å². The van der Waals surface area contributed by atoms with Gasteiger partial charge in [-0.05, 0) is 31.7 Å². The molecule has 1 aliphatic rings. The van der Waals surface area contributed by atoms with Crippen LogP contribution in [0.15, 0.2) is 12.1 Å². The molecule has 0 unspecified atom stereocenters. The Morgan fingerprint density at radius 3 is 2.62 bits per heavy atom. The van der Waals surface area contributed by atoms with Crippen molar-refractivity contribution in [2.24, 2.45) is 0 Å². The van der Waals surface area contributed by atoms with Gasteiger partial charge in [-0.2, -0.15) is 0 Å². The number of halogens is 2. The molecule has 2 rings (SSSR count). The molecule has 21 heavy (non-hydrogen) atoms. The van der Waals surface area contributed by atoms with Gasteiger partial charge in [-0.15, -0.1) is 0 Å². The van der Waals surface area contributed by atoms with Crippen LogP contribution in [0, 0.1) is 6.92 Å². The lowest BCUT2D eigenvalue weighted by Crippen LogP contribution is -2.27. The predicted octanol–water partition coefficient (Wildman–Crippen LogP) is 2.90. The van der Waals surface area contributed by atoms with Crippen molar-refractivity contribution in [2.45, 2.75) is 6.92 Å². The summed E-state index contributed by atoms with van der Waals surface area (Å²) in [4.78, 5) is 4.68. The second kappa shape index (κ2) is 8.20. The van der Waals surface area contributed by atoms with Crippen LogP contribution in [0.25, 0.3) is 0 Å².